The monoisotopic (exact) mass is 356 g/mol. The fraction of sp³-hybridized carbons (Fsp3) is 0.467. The Kier molecular flexibility index (Phi) is 5.92. The van der Waals surface area contributed by atoms with Crippen molar-refractivity contribution < 1.29 is 27.9 Å². The van der Waals surface area contributed by atoms with Gasteiger partial charge < -0.3 is 14.7 Å². The van der Waals surface area contributed by atoms with Gasteiger partial charge in [0.2, 0.25) is 10.0 Å². The summed E-state index contributed by atoms with van der Waals surface area (Å²) < 4.78 is 31.5. The van der Waals surface area contributed by atoms with E-state index >= 15 is 0 Å². The smallest absolute Gasteiger partial charge is 0.326 e. The van der Waals surface area contributed by atoms with Crippen LogP contribution >= 0.6 is 0 Å². The highest BCUT2D eigenvalue weighted by Gasteiger charge is 2.34. The molecule has 0 radical (unpaired) electrons. The topological polar surface area (TPSA) is 113 Å². The Morgan fingerprint density at radius 2 is 2.17 bits per heavy atom. The lowest BCUT2D eigenvalue weighted by molar-refractivity contribution is -0.141. The molecule has 1 atom stereocenters. The normalized spacial score (nSPS) is 17.9. The number of nitrogens with zero attached hydrogens (tertiary/aromatic N) is 1. The first kappa shape index (κ1) is 18.4. The van der Waals surface area contributed by atoms with Crippen molar-refractivity contribution in [1.82, 2.24) is 9.62 Å². The Labute approximate surface area is 140 Å². The highest BCUT2D eigenvalue weighted by molar-refractivity contribution is 7.89. The second-order valence-electron chi connectivity index (χ2n) is 5.41. The van der Waals surface area contributed by atoms with Gasteiger partial charge in [-0.2, -0.15) is 0 Å². The third-order valence-corrected chi connectivity index (χ3v) is 5.25. The van der Waals surface area contributed by atoms with Crippen molar-refractivity contribution >= 4 is 21.9 Å². The van der Waals surface area contributed by atoms with E-state index in [0.717, 1.165) is 0 Å². The van der Waals surface area contributed by atoms with E-state index in [1.807, 2.05) is 0 Å². The molecule has 0 aliphatic carbocycles. The number of hydrogen-bond donors (Lipinski definition) is 2. The van der Waals surface area contributed by atoms with Gasteiger partial charge in [-0.3, -0.25) is 4.79 Å². The fourth-order valence-corrected chi connectivity index (χ4v) is 3.65. The summed E-state index contributed by atoms with van der Waals surface area (Å²) in [6.45, 7) is 0.689. The summed E-state index contributed by atoms with van der Waals surface area (Å²) in [5.41, 5.74) is 0.151. The first-order chi connectivity index (χ1) is 11.4. The lowest BCUT2D eigenvalue weighted by Gasteiger charge is -2.21. The van der Waals surface area contributed by atoms with E-state index in [0.29, 0.717) is 19.4 Å². The molecule has 1 heterocycles. The zero-order chi connectivity index (χ0) is 17.7. The van der Waals surface area contributed by atoms with Crippen LogP contribution in [0, 0.1) is 0 Å². The predicted molar refractivity (Wildman–Crippen MR) is 85.2 cm³/mol. The van der Waals surface area contributed by atoms with Crippen LogP contribution in [-0.2, 0) is 19.6 Å². The average molecular weight is 356 g/mol. The molecule has 132 valence electrons. The third kappa shape index (κ3) is 4.11. The number of methoxy groups -OCH3 is 1. The number of hydrogen-bond acceptors (Lipinski definition) is 5. The Morgan fingerprint density at radius 1 is 1.42 bits per heavy atom. The number of ether oxygens (including phenoxy) is 1. The van der Waals surface area contributed by atoms with Gasteiger partial charge in [0.15, 0.2) is 0 Å². The van der Waals surface area contributed by atoms with E-state index in [4.69, 9.17) is 4.74 Å². The Hall–Kier alpha value is -1.97. The Balaban J connectivity index is 2.21. The second-order valence-corrected chi connectivity index (χ2v) is 7.18. The van der Waals surface area contributed by atoms with Crippen molar-refractivity contribution in [2.45, 2.75) is 23.8 Å². The molecule has 1 amide bonds. The lowest BCUT2D eigenvalue weighted by atomic mass is 10.1. The van der Waals surface area contributed by atoms with Crippen LogP contribution in [0.3, 0.4) is 0 Å². The quantitative estimate of drug-likeness (QED) is 0.680. The number of likely N-dealkylation sites (tertiary alicyclic amines) is 1. The van der Waals surface area contributed by atoms with Gasteiger partial charge >= 0.3 is 5.97 Å². The average Bonchev–Trinajstić information content (AvgIpc) is 3.04. The van der Waals surface area contributed by atoms with Crippen LogP contribution in [0.5, 0.6) is 0 Å². The summed E-state index contributed by atoms with van der Waals surface area (Å²) in [5, 5.41) is 9.17. The molecule has 0 unspecified atom stereocenters. The maximum atomic E-state index is 12.5. The number of amides is 1. The number of aliphatic carboxylic acids is 1. The summed E-state index contributed by atoms with van der Waals surface area (Å²) in [7, 11) is -2.30. The highest BCUT2D eigenvalue weighted by Crippen LogP contribution is 2.21. The van der Waals surface area contributed by atoms with Gasteiger partial charge in [0, 0.05) is 25.8 Å². The van der Waals surface area contributed by atoms with Crippen LogP contribution in [0.25, 0.3) is 0 Å². The van der Waals surface area contributed by atoms with E-state index in [-0.39, 0.29) is 23.6 Å². The second kappa shape index (κ2) is 7.73. The van der Waals surface area contributed by atoms with Crippen molar-refractivity contribution in [3.63, 3.8) is 0 Å². The van der Waals surface area contributed by atoms with Crippen molar-refractivity contribution in [3.8, 4) is 0 Å². The van der Waals surface area contributed by atoms with Gasteiger partial charge in [-0.05, 0) is 31.0 Å². The zero-order valence-corrected chi connectivity index (χ0v) is 14.1. The molecule has 9 heteroatoms. The molecule has 0 bridgehead atoms. The minimum atomic E-state index is -3.76. The van der Waals surface area contributed by atoms with E-state index < -0.39 is 27.9 Å². The molecule has 1 aromatic carbocycles. The molecule has 1 fully saturated rings. The zero-order valence-electron chi connectivity index (χ0n) is 13.3. The minimum absolute atomic E-state index is 0.0458. The van der Waals surface area contributed by atoms with E-state index in [2.05, 4.69) is 4.72 Å². The van der Waals surface area contributed by atoms with Gasteiger partial charge in [-0.25, -0.2) is 17.9 Å². The van der Waals surface area contributed by atoms with Crippen LogP contribution in [0.2, 0.25) is 0 Å². The van der Waals surface area contributed by atoms with Gasteiger partial charge in [0.1, 0.15) is 6.04 Å². The standard InChI is InChI=1S/C15H20N2O6S/c1-23-9-7-16-24(21,22)12-5-2-4-11(10-12)14(18)17-8-3-6-13(17)15(19)20/h2,4-5,10,13,16H,3,6-9H2,1H3,(H,19,20)/t13-/m0/s1. The molecule has 2 N–H and O–H groups in total. The molecule has 1 aliphatic rings. The van der Waals surface area contributed by atoms with Gasteiger partial charge in [-0.15, -0.1) is 0 Å². The molecular weight excluding hydrogens is 336 g/mol. The van der Waals surface area contributed by atoms with Crippen molar-refractivity contribution in [2.24, 2.45) is 0 Å². The lowest BCUT2D eigenvalue weighted by Crippen LogP contribution is -2.40. The molecule has 1 saturated heterocycles. The maximum Gasteiger partial charge on any atom is 0.326 e. The number of carbonyl (C=O) groups is 2. The van der Waals surface area contributed by atoms with Crippen LogP contribution in [0.15, 0.2) is 29.2 Å². The molecule has 1 aliphatic heterocycles. The molecule has 2 rings (SSSR count). The largest absolute Gasteiger partial charge is 0.480 e. The summed E-state index contributed by atoms with van der Waals surface area (Å²) in [6, 6.07) is 4.72. The van der Waals surface area contributed by atoms with E-state index in [9.17, 15) is 23.1 Å². The molecule has 24 heavy (non-hydrogen) atoms. The number of benzene rings is 1. The van der Waals surface area contributed by atoms with Gasteiger partial charge in [0.05, 0.1) is 11.5 Å². The van der Waals surface area contributed by atoms with Crippen LogP contribution < -0.4 is 4.72 Å². The fourth-order valence-electron chi connectivity index (χ4n) is 2.59. The molecule has 0 spiro atoms. The summed E-state index contributed by atoms with van der Waals surface area (Å²) >= 11 is 0. The Bertz CT molecular complexity index is 718. The number of carboxylic acid groups (broad SMARTS) is 1. The SMILES string of the molecule is COCCNS(=O)(=O)c1cccc(C(=O)N2CCC[C@H]2C(=O)O)c1. The van der Waals surface area contributed by atoms with Crippen LogP contribution in [-0.4, -0.2) is 63.1 Å². The number of carbonyl (C=O) groups excluding carboxylic acids is 1. The van der Waals surface area contributed by atoms with Gasteiger partial charge in [-0.1, -0.05) is 6.07 Å². The number of rotatable bonds is 7. The van der Waals surface area contributed by atoms with Crippen molar-refractivity contribution in [3.05, 3.63) is 29.8 Å². The van der Waals surface area contributed by atoms with Crippen molar-refractivity contribution in [1.29, 1.82) is 0 Å². The summed E-state index contributed by atoms with van der Waals surface area (Å²) in [4.78, 5) is 25.0. The van der Waals surface area contributed by atoms with E-state index in [1.165, 1.54) is 36.3 Å². The Morgan fingerprint density at radius 3 is 2.83 bits per heavy atom. The maximum absolute atomic E-state index is 12.5. The molecule has 0 aromatic heterocycles. The van der Waals surface area contributed by atoms with Gasteiger partial charge in [0.25, 0.3) is 5.91 Å². The van der Waals surface area contributed by atoms with Crippen LogP contribution in [0.4, 0.5) is 0 Å². The molecule has 1 aromatic rings. The molecular formula is C15H20N2O6S. The predicted octanol–water partition coefficient (Wildman–Crippen LogP) is 0.301. The van der Waals surface area contributed by atoms with Crippen molar-refractivity contribution in [2.75, 3.05) is 26.8 Å². The molecule has 8 nitrogen and oxygen atoms in total. The number of nitrogens with one attached hydrogen (secondary N) is 1. The van der Waals surface area contributed by atoms with Crippen LogP contribution in [0.1, 0.15) is 23.2 Å². The summed E-state index contributed by atoms with van der Waals surface area (Å²) in [6.07, 6.45) is 1.01. The third-order valence-electron chi connectivity index (χ3n) is 3.79. The minimum Gasteiger partial charge on any atom is -0.480 e. The highest BCUT2D eigenvalue weighted by atomic mass is 32.2. The van der Waals surface area contributed by atoms with E-state index in [1.54, 1.807) is 0 Å². The number of sulfonamides is 1. The number of carboxylic acids is 1. The first-order valence-electron chi connectivity index (χ1n) is 7.49. The first-order valence-corrected chi connectivity index (χ1v) is 8.97. The molecule has 0 saturated carbocycles. The summed E-state index contributed by atoms with van der Waals surface area (Å²) in [5.74, 6) is -1.53.